The van der Waals surface area contributed by atoms with Gasteiger partial charge in [0.1, 0.15) is 37.9 Å². The molecule has 708 valence electrons. The van der Waals surface area contributed by atoms with Crippen molar-refractivity contribution < 1.29 is 167 Å². The number of aliphatic carboxylic acids is 1. The number of benzene rings is 2. The van der Waals surface area contributed by atoms with Crippen molar-refractivity contribution in [2.24, 2.45) is 5.92 Å². The minimum absolute atomic E-state index is 0.0394. The molecule has 39 nitrogen and oxygen atoms in total. The van der Waals surface area contributed by atoms with Gasteiger partial charge in [-0.3, -0.25) is 33.7 Å². The van der Waals surface area contributed by atoms with E-state index in [1.165, 1.54) is 26.0 Å². The van der Waals surface area contributed by atoms with Gasteiger partial charge in [-0.05, 0) is 73.1 Å². The SMILES string of the molecule is COCCOCCOCCOCCOCCOCCOCCOCCOCCOCCOCCOc1ccc(/C=C/[C@@H](C(=O)N[C@H](C(=O)N[C@@H](C)C(=O)Nc2ccc(COC(C)=O)c(CC[C@H]3C[C@@H](O)C[C@@H](C(=O)O)O3)c2)C(C)C)N2C(=O)C=CC2=O)cc1OCCOCCOCCOCCOCCOCCOCCOCCOCCOCCOCCOC. The van der Waals surface area contributed by atoms with Crippen LogP contribution >= 0.6 is 0 Å². The molecular weight excluding hydrogens is 1640 g/mol. The molecular formula is C85H138N4O35. The number of hydrogen-bond donors (Lipinski definition) is 5. The second-order valence-corrected chi connectivity index (χ2v) is 27.8. The van der Waals surface area contributed by atoms with Crippen molar-refractivity contribution in [3.63, 3.8) is 0 Å². The first kappa shape index (κ1) is 109. The van der Waals surface area contributed by atoms with Gasteiger partial charge in [-0.25, -0.2) is 4.79 Å². The third-order valence-electron chi connectivity index (χ3n) is 17.7. The molecule has 0 spiro atoms. The molecule has 1 fully saturated rings. The second-order valence-electron chi connectivity index (χ2n) is 27.8. The Bertz CT molecular complexity index is 3160. The number of anilines is 1. The molecule has 39 heteroatoms. The Morgan fingerprint density at radius 2 is 0.806 bits per heavy atom. The van der Waals surface area contributed by atoms with Gasteiger partial charge in [0.25, 0.3) is 11.8 Å². The number of aliphatic hydroxyl groups excluding tert-OH is 1. The summed E-state index contributed by atoms with van der Waals surface area (Å²) in [5.41, 5.74) is 2.04. The van der Waals surface area contributed by atoms with E-state index in [1.807, 2.05) is 0 Å². The number of aryl methyl sites for hydroxylation is 1. The van der Waals surface area contributed by atoms with Crippen LogP contribution in [-0.2, 0) is 160 Å². The maximum absolute atomic E-state index is 14.5. The normalized spacial score (nSPS) is 15.5. The molecule has 124 heavy (non-hydrogen) atoms. The first-order valence-corrected chi connectivity index (χ1v) is 42.4. The third-order valence-corrected chi connectivity index (χ3v) is 17.7. The molecule has 4 rings (SSSR count). The summed E-state index contributed by atoms with van der Waals surface area (Å²) in [5, 5.41) is 28.1. The second kappa shape index (κ2) is 74.0. The fourth-order valence-corrected chi connectivity index (χ4v) is 11.2. The van der Waals surface area contributed by atoms with Crippen LogP contribution in [0.2, 0.25) is 0 Å². The lowest BCUT2D eigenvalue weighted by molar-refractivity contribution is -0.166. The van der Waals surface area contributed by atoms with E-state index in [0.29, 0.717) is 285 Å². The Morgan fingerprint density at radius 1 is 0.444 bits per heavy atom. The van der Waals surface area contributed by atoms with Gasteiger partial charge in [0.05, 0.1) is 290 Å². The number of ether oxygens (including phenoxy) is 26. The lowest BCUT2D eigenvalue weighted by Crippen LogP contribution is -2.57. The quantitative estimate of drug-likeness (QED) is 0.0361. The van der Waals surface area contributed by atoms with Gasteiger partial charge in [0.2, 0.25) is 17.7 Å². The highest BCUT2D eigenvalue weighted by atomic mass is 16.6. The Labute approximate surface area is 728 Å². The predicted molar refractivity (Wildman–Crippen MR) is 446 cm³/mol. The fraction of sp³-hybridized carbons (Fsp3) is 0.729. The molecule has 0 radical (unpaired) electrons. The van der Waals surface area contributed by atoms with Crippen molar-refractivity contribution in [3.8, 4) is 11.5 Å². The summed E-state index contributed by atoms with van der Waals surface area (Å²) in [7, 11) is 3.26. The van der Waals surface area contributed by atoms with Gasteiger partial charge < -0.3 is 149 Å². The van der Waals surface area contributed by atoms with Crippen molar-refractivity contribution >= 4 is 53.2 Å². The highest BCUT2D eigenvalue weighted by Gasteiger charge is 2.38. The molecule has 2 aliphatic rings. The number of hydrogen-bond acceptors (Lipinski definition) is 34. The van der Waals surface area contributed by atoms with Gasteiger partial charge in [0.15, 0.2) is 17.6 Å². The van der Waals surface area contributed by atoms with E-state index in [1.54, 1.807) is 64.5 Å². The molecule has 2 aromatic carbocycles. The van der Waals surface area contributed by atoms with E-state index < -0.39 is 83.8 Å². The number of carboxylic acid groups (broad SMARTS) is 1. The van der Waals surface area contributed by atoms with E-state index >= 15 is 0 Å². The van der Waals surface area contributed by atoms with Crippen LogP contribution in [0.15, 0.2) is 54.6 Å². The monoisotopic (exact) mass is 1770 g/mol. The molecule has 5 N–H and O–H groups in total. The standard InChI is InChI=1S/C85H138N4O35/c1-66(2)81(84(96)86-67(3)82(94)87-72-11-9-71(65-123-68(4)90)70(62-72)10-12-74-63-73(91)64-78(124-74)85(97)98)88-83(95)75(89-79(92)15-16-80(89)93)13-7-69-8-14-76(121-59-57-119-55-53-117-51-49-115-47-45-113-43-41-111-39-37-109-35-33-107-31-29-105-27-25-103-23-21-101-19-17-99-5)77(61-69)122-60-58-120-56-54-118-52-50-116-48-46-114-44-42-112-40-38-110-36-34-108-32-30-106-28-26-104-24-22-102-20-18-100-6/h7-9,11,13-16,61-62,66-67,73-75,78,81,91H,10,12,17-60,63-65H2,1-6H3,(H,86,96)(H,87,94)(H,88,95)(H,97,98)/b13-7+/t67-,73+,74-,75-,78-,81-/m0/s1. The van der Waals surface area contributed by atoms with Crippen LogP contribution in [0.5, 0.6) is 11.5 Å². The number of rotatable bonds is 84. The zero-order valence-electron chi connectivity index (χ0n) is 73.3. The Hall–Kier alpha value is -6.95. The highest BCUT2D eigenvalue weighted by Crippen LogP contribution is 2.30. The molecule has 2 heterocycles. The summed E-state index contributed by atoms with van der Waals surface area (Å²) >= 11 is 0. The number of carbonyl (C=O) groups excluding carboxylic acids is 6. The van der Waals surface area contributed by atoms with Gasteiger partial charge in [0, 0.05) is 45.4 Å². The maximum Gasteiger partial charge on any atom is 0.332 e. The molecule has 2 aromatic rings. The number of nitrogens with one attached hydrogen (secondary N) is 3. The minimum atomic E-state index is -1.57. The average Bonchev–Trinajstić information content (AvgIpc) is 1.60. The number of methoxy groups -OCH3 is 2. The fourth-order valence-electron chi connectivity index (χ4n) is 11.2. The van der Waals surface area contributed by atoms with Gasteiger partial charge in [-0.15, -0.1) is 0 Å². The highest BCUT2D eigenvalue weighted by molar-refractivity contribution is 6.15. The number of carbonyl (C=O) groups is 7. The van der Waals surface area contributed by atoms with Crippen molar-refractivity contribution in [2.45, 2.75) is 96.4 Å². The lowest BCUT2D eigenvalue weighted by Gasteiger charge is -2.31. The van der Waals surface area contributed by atoms with Crippen LogP contribution in [0, 0.1) is 5.92 Å². The number of imide groups is 1. The summed E-state index contributed by atoms with van der Waals surface area (Å²) < 4.78 is 144. The van der Waals surface area contributed by atoms with E-state index in [0.717, 1.165) is 17.1 Å². The van der Waals surface area contributed by atoms with Gasteiger partial charge >= 0.3 is 11.9 Å². The van der Waals surface area contributed by atoms with Gasteiger partial charge in [-0.2, -0.15) is 0 Å². The summed E-state index contributed by atoms with van der Waals surface area (Å²) in [4.78, 5) is 93.1. The molecule has 0 aromatic heterocycles. The summed E-state index contributed by atoms with van der Waals surface area (Å²) in [6, 6.07) is 5.84. The molecule has 0 saturated carbocycles. The molecule has 6 atom stereocenters. The summed E-state index contributed by atoms with van der Waals surface area (Å²) in [6.07, 6.45) is 3.06. The van der Waals surface area contributed by atoms with Crippen LogP contribution in [0.4, 0.5) is 5.69 Å². The summed E-state index contributed by atoms with van der Waals surface area (Å²) in [5.74, 6) is -5.47. The maximum atomic E-state index is 14.5. The largest absolute Gasteiger partial charge is 0.487 e. The number of carboxylic acids is 1. The Balaban J connectivity index is 1.20. The van der Waals surface area contributed by atoms with Crippen molar-refractivity contribution in [3.05, 3.63) is 71.3 Å². The van der Waals surface area contributed by atoms with Crippen molar-refractivity contribution in [1.82, 2.24) is 15.5 Å². The smallest absolute Gasteiger partial charge is 0.332 e. The number of esters is 1. The van der Waals surface area contributed by atoms with Crippen molar-refractivity contribution in [2.75, 3.05) is 310 Å². The first-order chi connectivity index (χ1) is 60.5. The Morgan fingerprint density at radius 3 is 1.16 bits per heavy atom. The molecule has 0 aliphatic carbocycles. The minimum Gasteiger partial charge on any atom is -0.487 e. The number of aliphatic hydroxyl groups is 1. The summed E-state index contributed by atoms with van der Waals surface area (Å²) in [6.45, 7) is 23.8. The van der Waals surface area contributed by atoms with Crippen LogP contribution < -0.4 is 25.4 Å². The molecule has 0 unspecified atom stereocenters. The lowest BCUT2D eigenvalue weighted by atomic mass is 9.94. The Kier molecular flexibility index (Phi) is 65.3. The van der Waals surface area contributed by atoms with Crippen molar-refractivity contribution in [1.29, 1.82) is 0 Å². The molecule has 5 amide bonds. The third kappa shape index (κ3) is 54.9. The van der Waals surface area contributed by atoms with E-state index in [4.69, 9.17) is 123 Å². The van der Waals surface area contributed by atoms with Crippen LogP contribution in [0.25, 0.3) is 6.08 Å². The van der Waals surface area contributed by atoms with E-state index in [2.05, 4.69) is 16.0 Å². The predicted octanol–water partition coefficient (Wildman–Crippen LogP) is 2.65. The topological polar surface area (TPSA) is 439 Å². The van der Waals surface area contributed by atoms with Crippen LogP contribution in [0.1, 0.15) is 63.6 Å². The first-order valence-electron chi connectivity index (χ1n) is 42.4. The average molecular weight is 1780 g/mol. The number of nitrogens with zero attached hydrogens (tertiary/aromatic N) is 1. The zero-order chi connectivity index (χ0) is 89.3. The van der Waals surface area contributed by atoms with E-state index in [-0.39, 0.29) is 71.4 Å². The van der Waals surface area contributed by atoms with Gasteiger partial charge in [-0.1, -0.05) is 38.1 Å². The van der Waals surface area contributed by atoms with Crippen LogP contribution in [-0.4, -0.2) is 398 Å². The van der Waals surface area contributed by atoms with E-state index in [9.17, 15) is 43.8 Å². The number of amides is 5. The van der Waals surface area contributed by atoms with Crippen LogP contribution in [0.3, 0.4) is 0 Å². The molecule has 2 aliphatic heterocycles. The molecule has 1 saturated heterocycles. The molecule has 0 bridgehead atoms. The zero-order valence-corrected chi connectivity index (χ0v) is 73.3.